The summed E-state index contributed by atoms with van der Waals surface area (Å²) >= 11 is 0. The predicted octanol–water partition coefficient (Wildman–Crippen LogP) is 3.10. The Labute approximate surface area is 121 Å². The van der Waals surface area contributed by atoms with Crippen LogP contribution in [0.3, 0.4) is 0 Å². The van der Waals surface area contributed by atoms with E-state index >= 15 is 0 Å². The molecular formula is C16H25NO3. The smallest absolute Gasteiger partial charge is 0.225 e. The highest BCUT2D eigenvalue weighted by atomic mass is 16.5. The van der Waals surface area contributed by atoms with Gasteiger partial charge in [-0.3, -0.25) is 4.79 Å². The maximum atomic E-state index is 12.2. The van der Waals surface area contributed by atoms with Crippen molar-refractivity contribution in [3.63, 3.8) is 0 Å². The summed E-state index contributed by atoms with van der Waals surface area (Å²) in [6.07, 6.45) is 1.94. The number of nitrogens with zero attached hydrogens (tertiary/aromatic N) is 1. The van der Waals surface area contributed by atoms with Gasteiger partial charge >= 0.3 is 0 Å². The van der Waals surface area contributed by atoms with Crippen molar-refractivity contribution in [2.45, 2.75) is 33.2 Å². The molecule has 0 aliphatic rings. The van der Waals surface area contributed by atoms with Gasteiger partial charge in [0, 0.05) is 31.1 Å². The van der Waals surface area contributed by atoms with Gasteiger partial charge in [-0.25, -0.2) is 0 Å². The summed E-state index contributed by atoms with van der Waals surface area (Å²) < 4.78 is 10.5. The number of methoxy groups -OCH3 is 2. The summed E-state index contributed by atoms with van der Waals surface area (Å²) in [6, 6.07) is 5.65. The minimum absolute atomic E-state index is 0.0641. The standard InChI is InChI=1S/C16H25NO3/c1-6-7-12(2)16(18)17(3)11-13-8-9-14(19-4)10-15(13)20-5/h8-10,12H,6-7,11H2,1-5H3. The summed E-state index contributed by atoms with van der Waals surface area (Å²) in [5, 5.41) is 0. The highest BCUT2D eigenvalue weighted by molar-refractivity contribution is 5.78. The molecule has 4 heteroatoms. The normalized spacial score (nSPS) is 11.8. The number of rotatable bonds is 7. The third kappa shape index (κ3) is 4.15. The lowest BCUT2D eigenvalue weighted by Gasteiger charge is -2.22. The summed E-state index contributed by atoms with van der Waals surface area (Å²) in [4.78, 5) is 14.0. The first kappa shape index (κ1) is 16.3. The molecule has 0 saturated heterocycles. The molecule has 4 nitrogen and oxygen atoms in total. The average Bonchev–Trinajstić information content (AvgIpc) is 2.46. The first-order valence-electron chi connectivity index (χ1n) is 6.99. The van der Waals surface area contributed by atoms with Gasteiger partial charge in [-0.05, 0) is 18.6 Å². The van der Waals surface area contributed by atoms with Gasteiger partial charge in [-0.15, -0.1) is 0 Å². The van der Waals surface area contributed by atoms with Crippen molar-refractivity contribution in [2.24, 2.45) is 5.92 Å². The number of hydrogen-bond acceptors (Lipinski definition) is 3. The van der Waals surface area contributed by atoms with Crippen LogP contribution >= 0.6 is 0 Å². The van der Waals surface area contributed by atoms with Crippen LogP contribution in [-0.2, 0) is 11.3 Å². The van der Waals surface area contributed by atoms with E-state index in [0.29, 0.717) is 6.54 Å². The van der Waals surface area contributed by atoms with Gasteiger partial charge in [0.2, 0.25) is 5.91 Å². The molecule has 1 unspecified atom stereocenters. The molecule has 0 bridgehead atoms. The molecule has 0 aliphatic heterocycles. The molecule has 0 saturated carbocycles. The molecule has 0 aromatic heterocycles. The molecule has 0 aliphatic carbocycles. The van der Waals surface area contributed by atoms with Crippen molar-refractivity contribution >= 4 is 5.91 Å². The van der Waals surface area contributed by atoms with Gasteiger partial charge in [0.25, 0.3) is 0 Å². The fourth-order valence-electron chi connectivity index (χ4n) is 2.25. The summed E-state index contributed by atoms with van der Waals surface area (Å²) in [5.41, 5.74) is 0.979. The fourth-order valence-corrected chi connectivity index (χ4v) is 2.25. The van der Waals surface area contributed by atoms with Crippen LogP contribution in [-0.4, -0.2) is 32.1 Å². The van der Waals surface area contributed by atoms with Gasteiger partial charge in [-0.1, -0.05) is 20.3 Å². The van der Waals surface area contributed by atoms with E-state index in [9.17, 15) is 4.79 Å². The highest BCUT2D eigenvalue weighted by Crippen LogP contribution is 2.26. The lowest BCUT2D eigenvalue weighted by atomic mass is 10.0. The maximum Gasteiger partial charge on any atom is 0.225 e. The molecule has 1 aromatic carbocycles. The van der Waals surface area contributed by atoms with Gasteiger partial charge in [0.05, 0.1) is 14.2 Å². The first-order chi connectivity index (χ1) is 9.53. The second-order valence-corrected chi connectivity index (χ2v) is 5.06. The molecule has 1 amide bonds. The summed E-state index contributed by atoms with van der Waals surface area (Å²) in [5.74, 6) is 1.73. The topological polar surface area (TPSA) is 38.8 Å². The van der Waals surface area contributed by atoms with Crippen LogP contribution < -0.4 is 9.47 Å². The van der Waals surface area contributed by atoms with E-state index in [1.807, 2.05) is 32.2 Å². The van der Waals surface area contributed by atoms with E-state index < -0.39 is 0 Å². The van der Waals surface area contributed by atoms with E-state index in [-0.39, 0.29) is 11.8 Å². The van der Waals surface area contributed by atoms with Crippen LogP contribution in [0.5, 0.6) is 11.5 Å². The number of hydrogen-bond donors (Lipinski definition) is 0. The van der Waals surface area contributed by atoms with Crippen LogP contribution in [0.15, 0.2) is 18.2 Å². The van der Waals surface area contributed by atoms with Gasteiger partial charge in [-0.2, -0.15) is 0 Å². The maximum absolute atomic E-state index is 12.2. The first-order valence-corrected chi connectivity index (χ1v) is 6.99. The molecule has 1 atom stereocenters. The Kier molecular flexibility index (Phi) is 6.36. The van der Waals surface area contributed by atoms with Crippen LogP contribution in [0, 0.1) is 5.92 Å². The molecule has 112 valence electrons. The van der Waals surface area contributed by atoms with Gasteiger partial charge in [0.15, 0.2) is 0 Å². The number of amides is 1. The monoisotopic (exact) mass is 279 g/mol. The quantitative estimate of drug-likeness (QED) is 0.770. The largest absolute Gasteiger partial charge is 0.497 e. The van der Waals surface area contributed by atoms with Crippen molar-refractivity contribution in [1.29, 1.82) is 0 Å². The Balaban J connectivity index is 2.79. The third-order valence-corrected chi connectivity index (χ3v) is 3.42. The van der Waals surface area contributed by atoms with Crippen LogP contribution in [0.4, 0.5) is 0 Å². The van der Waals surface area contributed by atoms with Crippen LogP contribution in [0.25, 0.3) is 0 Å². The van der Waals surface area contributed by atoms with E-state index in [0.717, 1.165) is 29.9 Å². The third-order valence-electron chi connectivity index (χ3n) is 3.42. The summed E-state index contributed by atoms with van der Waals surface area (Å²) in [7, 11) is 5.08. The lowest BCUT2D eigenvalue weighted by molar-refractivity contribution is -0.134. The summed E-state index contributed by atoms with van der Waals surface area (Å²) in [6.45, 7) is 4.62. The minimum atomic E-state index is 0.0641. The molecule has 0 spiro atoms. The molecule has 0 N–H and O–H groups in total. The second kappa shape index (κ2) is 7.78. The second-order valence-electron chi connectivity index (χ2n) is 5.06. The molecule has 0 radical (unpaired) electrons. The molecular weight excluding hydrogens is 254 g/mol. The zero-order chi connectivity index (χ0) is 15.1. The molecule has 1 aromatic rings. The Morgan fingerprint density at radius 3 is 2.55 bits per heavy atom. The van der Waals surface area contributed by atoms with E-state index in [4.69, 9.17) is 9.47 Å². The van der Waals surface area contributed by atoms with Crippen LogP contribution in [0.1, 0.15) is 32.3 Å². The number of carbonyl (C=O) groups is 1. The minimum Gasteiger partial charge on any atom is -0.497 e. The Morgan fingerprint density at radius 1 is 1.30 bits per heavy atom. The molecule has 0 heterocycles. The Hall–Kier alpha value is -1.71. The van der Waals surface area contributed by atoms with Crippen molar-refractivity contribution in [3.05, 3.63) is 23.8 Å². The number of benzene rings is 1. The fraction of sp³-hybridized carbons (Fsp3) is 0.562. The number of carbonyl (C=O) groups excluding carboxylic acids is 1. The van der Waals surface area contributed by atoms with E-state index in [1.165, 1.54) is 0 Å². The van der Waals surface area contributed by atoms with Gasteiger partial charge in [0.1, 0.15) is 11.5 Å². The van der Waals surface area contributed by atoms with E-state index in [1.54, 1.807) is 19.1 Å². The Morgan fingerprint density at radius 2 is 2.00 bits per heavy atom. The Bertz CT molecular complexity index is 445. The zero-order valence-corrected chi connectivity index (χ0v) is 13.1. The van der Waals surface area contributed by atoms with Crippen molar-refractivity contribution < 1.29 is 14.3 Å². The van der Waals surface area contributed by atoms with Crippen molar-refractivity contribution in [3.8, 4) is 11.5 Å². The highest BCUT2D eigenvalue weighted by Gasteiger charge is 2.18. The zero-order valence-electron chi connectivity index (χ0n) is 13.1. The molecule has 0 fully saturated rings. The predicted molar refractivity (Wildman–Crippen MR) is 80.1 cm³/mol. The van der Waals surface area contributed by atoms with Crippen molar-refractivity contribution in [2.75, 3.05) is 21.3 Å². The molecule has 1 rings (SSSR count). The SMILES string of the molecule is CCCC(C)C(=O)N(C)Cc1ccc(OC)cc1OC. The van der Waals surface area contributed by atoms with Crippen molar-refractivity contribution in [1.82, 2.24) is 4.90 Å². The van der Waals surface area contributed by atoms with E-state index in [2.05, 4.69) is 6.92 Å². The lowest BCUT2D eigenvalue weighted by Crippen LogP contribution is -2.31. The van der Waals surface area contributed by atoms with Crippen LogP contribution in [0.2, 0.25) is 0 Å². The molecule has 20 heavy (non-hydrogen) atoms. The average molecular weight is 279 g/mol. The van der Waals surface area contributed by atoms with Gasteiger partial charge < -0.3 is 14.4 Å². The number of ether oxygens (including phenoxy) is 2.